The number of allylic oxidation sites excluding steroid dienone is 7. The zero-order valence-corrected chi connectivity index (χ0v) is 55.5. The molecule has 2 heterocycles. The van der Waals surface area contributed by atoms with Gasteiger partial charge in [0, 0.05) is 6.42 Å². The predicted molar refractivity (Wildman–Crippen MR) is 355 cm³/mol. The summed E-state index contributed by atoms with van der Waals surface area (Å²) >= 11 is 0. The van der Waals surface area contributed by atoms with Gasteiger partial charge in [0.15, 0.2) is 12.6 Å². The number of carbonyl (C=O) groups excluding carboxylic acids is 1. The summed E-state index contributed by atoms with van der Waals surface area (Å²) in [7, 11) is 0. The minimum atomic E-state index is -1.79. The molecule has 0 bridgehead atoms. The molecule has 2 saturated heterocycles. The molecule has 0 aliphatic carbocycles. The van der Waals surface area contributed by atoms with Crippen LogP contribution in [0, 0.1) is 0 Å². The molecule has 0 aromatic heterocycles. The first-order valence-corrected chi connectivity index (χ1v) is 36.4. The van der Waals surface area contributed by atoms with Gasteiger partial charge in [-0.05, 0) is 57.8 Å². The van der Waals surface area contributed by atoms with Crippen LogP contribution in [0.25, 0.3) is 0 Å². The first-order chi connectivity index (χ1) is 42.6. The number of carbonyl (C=O) groups is 1. The summed E-state index contributed by atoms with van der Waals surface area (Å²) in [5.74, 6) is -0.234. The van der Waals surface area contributed by atoms with Crippen molar-refractivity contribution in [3.8, 4) is 0 Å². The number of unbranched alkanes of at least 4 members (excludes halogenated alkanes) is 41. The molecule has 0 aromatic carbocycles. The Hall–Kier alpha value is -2.05. The molecule has 0 saturated carbocycles. The van der Waals surface area contributed by atoms with Crippen LogP contribution in [0.1, 0.15) is 316 Å². The van der Waals surface area contributed by atoms with E-state index >= 15 is 0 Å². The van der Waals surface area contributed by atoms with Crippen LogP contribution in [0.15, 0.2) is 48.6 Å². The molecular formula is C73H135NO13. The van der Waals surface area contributed by atoms with E-state index in [1.165, 1.54) is 238 Å². The number of ether oxygens (including phenoxy) is 4. The topological polar surface area (TPSA) is 228 Å². The smallest absolute Gasteiger partial charge is 0.220 e. The van der Waals surface area contributed by atoms with Gasteiger partial charge < -0.3 is 65.1 Å². The van der Waals surface area contributed by atoms with Crippen LogP contribution < -0.4 is 5.32 Å². The Morgan fingerprint density at radius 2 is 0.759 bits per heavy atom. The average Bonchev–Trinajstić information content (AvgIpc) is 3.71. The third-order valence-corrected chi connectivity index (χ3v) is 17.8. The highest BCUT2D eigenvalue weighted by Gasteiger charge is 2.51. The summed E-state index contributed by atoms with van der Waals surface area (Å²) in [6.45, 7) is 2.82. The van der Waals surface area contributed by atoms with Gasteiger partial charge in [0.1, 0.15) is 48.8 Å². The summed E-state index contributed by atoms with van der Waals surface area (Å²) in [6.07, 6.45) is 58.9. The van der Waals surface area contributed by atoms with Crippen LogP contribution in [0.5, 0.6) is 0 Å². The third kappa shape index (κ3) is 41.9. The van der Waals surface area contributed by atoms with Gasteiger partial charge >= 0.3 is 0 Å². The van der Waals surface area contributed by atoms with Crippen molar-refractivity contribution >= 4 is 5.91 Å². The lowest BCUT2D eigenvalue weighted by molar-refractivity contribution is -0.359. The number of aliphatic hydroxyl groups is 8. The Kier molecular flexibility index (Phi) is 53.9. The number of rotatable bonds is 60. The maximum absolute atomic E-state index is 13.3. The number of hydrogen-bond acceptors (Lipinski definition) is 13. The number of amides is 1. The Balaban J connectivity index is 1.61. The van der Waals surface area contributed by atoms with Gasteiger partial charge in [-0.15, -0.1) is 0 Å². The van der Waals surface area contributed by atoms with Gasteiger partial charge in [0.05, 0.1) is 32.0 Å². The molecule has 2 aliphatic rings. The van der Waals surface area contributed by atoms with Gasteiger partial charge in [-0.3, -0.25) is 4.79 Å². The third-order valence-electron chi connectivity index (χ3n) is 17.8. The second-order valence-corrected chi connectivity index (χ2v) is 25.7. The number of aliphatic hydroxyl groups excluding tert-OH is 8. The average molecular weight is 1230 g/mol. The highest BCUT2D eigenvalue weighted by molar-refractivity contribution is 5.76. The summed E-state index contributed by atoms with van der Waals surface area (Å²) in [6, 6.07) is -0.914. The van der Waals surface area contributed by atoms with Crippen molar-refractivity contribution in [3.05, 3.63) is 48.6 Å². The molecule has 14 heteroatoms. The van der Waals surface area contributed by atoms with Crippen molar-refractivity contribution in [3.63, 3.8) is 0 Å². The molecule has 2 rings (SSSR count). The first-order valence-electron chi connectivity index (χ1n) is 36.4. The van der Waals surface area contributed by atoms with E-state index in [4.69, 9.17) is 18.9 Å². The van der Waals surface area contributed by atoms with Crippen LogP contribution in [-0.2, 0) is 23.7 Å². The van der Waals surface area contributed by atoms with Crippen molar-refractivity contribution < 1.29 is 64.6 Å². The Bertz CT molecular complexity index is 1640. The largest absolute Gasteiger partial charge is 0.394 e. The Morgan fingerprint density at radius 3 is 1.16 bits per heavy atom. The fourth-order valence-electron chi connectivity index (χ4n) is 11.9. The summed E-state index contributed by atoms with van der Waals surface area (Å²) in [5, 5.41) is 87.4. The minimum Gasteiger partial charge on any atom is -0.394 e. The van der Waals surface area contributed by atoms with Gasteiger partial charge in [0.2, 0.25) is 5.91 Å². The molecule has 12 atom stereocenters. The molecule has 510 valence electrons. The molecule has 14 nitrogen and oxygen atoms in total. The molecule has 87 heavy (non-hydrogen) atoms. The zero-order chi connectivity index (χ0) is 63.1. The lowest BCUT2D eigenvalue weighted by Gasteiger charge is -2.46. The fourth-order valence-corrected chi connectivity index (χ4v) is 11.9. The maximum atomic E-state index is 13.3. The van der Waals surface area contributed by atoms with Crippen molar-refractivity contribution in [1.82, 2.24) is 5.32 Å². The summed E-state index contributed by atoms with van der Waals surface area (Å²) in [5.41, 5.74) is 0. The molecule has 0 spiro atoms. The van der Waals surface area contributed by atoms with Crippen molar-refractivity contribution in [1.29, 1.82) is 0 Å². The minimum absolute atomic E-state index is 0.234. The van der Waals surface area contributed by atoms with Crippen LogP contribution in [-0.4, -0.2) is 140 Å². The van der Waals surface area contributed by atoms with E-state index < -0.39 is 86.8 Å². The molecule has 0 aromatic rings. The molecule has 0 radical (unpaired) electrons. The molecule has 1 amide bonds. The number of hydrogen-bond donors (Lipinski definition) is 9. The lowest BCUT2D eigenvalue weighted by atomic mass is 9.97. The van der Waals surface area contributed by atoms with E-state index in [9.17, 15) is 45.6 Å². The second-order valence-electron chi connectivity index (χ2n) is 25.7. The van der Waals surface area contributed by atoms with Crippen molar-refractivity contribution in [2.45, 2.75) is 389 Å². The van der Waals surface area contributed by atoms with Crippen LogP contribution in [0.3, 0.4) is 0 Å². The fraction of sp³-hybridized carbons (Fsp3) is 0.877. The van der Waals surface area contributed by atoms with Gasteiger partial charge in [-0.2, -0.15) is 0 Å². The maximum Gasteiger partial charge on any atom is 0.220 e. The van der Waals surface area contributed by atoms with E-state index in [-0.39, 0.29) is 18.9 Å². The van der Waals surface area contributed by atoms with E-state index in [1.807, 2.05) is 6.08 Å². The Labute approximate surface area is 531 Å². The van der Waals surface area contributed by atoms with E-state index in [1.54, 1.807) is 6.08 Å². The van der Waals surface area contributed by atoms with Crippen LogP contribution in [0.4, 0.5) is 0 Å². The monoisotopic (exact) mass is 1230 g/mol. The Morgan fingerprint density at radius 1 is 0.414 bits per heavy atom. The van der Waals surface area contributed by atoms with E-state index in [0.717, 1.165) is 51.4 Å². The number of nitrogens with one attached hydrogen (secondary N) is 1. The normalized spacial score (nSPS) is 23.5. The predicted octanol–water partition coefficient (Wildman–Crippen LogP) is 15.1. The van der Waals surface area contributed by atoms with Crippen LogP contribution in [0.2, 0.25) is 0 Å². The molecule has 2 fully saturated rings. The lowest BCUT2D eigenvalue weighted by Crippen LogP contribution is -2.65. The van der Waals surface area contributed by atoms with E-state index in [2.05, 4.69) is 55.6 Å². The first kappa shape index (κ1) is 81.0. The standard InChI is InChI=1S/C73H135NO13/c1-3-5-7-9-11-13-15-17-19-21-23-24-25-26-27-28-29-30-31-32-33-34-35-36-37-38-39-41-43-45-47-49-51-53-55-57-65(78)74-61(62(77)56-54-52-50-48-46-44-42-40-22-20-18-16-14-12-10-8-6-4-2)60-84-72-70(83)68(81)71(64(59-76)86-72)87-73-69(82)67(80)66(79)63(58-75)85-73/h15,17,21,23,25-26,54,56,61-64,66-73,75-77,79-83H,3-14,16,18-20,22,24,27-53,55,57-60H2,1-2H3,(H,74,78)/b17-15-,23-21-,26-25-,56-54+. The quantitative estimate of drug-likeness (QED) is 0.0204. The summed E-state index contributed by atoms with van der Waals surface area (Å²) in [4.78, 5) is 13.3. The van der Waals surface area contributed by atoms with Crippen molar-refractivity contribution in [2.75, 3.05) is 19.8 Å². The zero-order valence-electron chi connectivity index (χ0n) is 55.5. The van der Waals surface area contributed by atoms with Crippen molar-refractivity contribution in [2.24, 2.45) is 0 Å². The summed E-state index contributed by atoms with van der Waals surface area (Å²) < 4.78 is 22.9. The highest BCUT2D eigenvalue weighted by Crippen LogP contribution is 2.30. The molecule has 12 unspecified atom stereocenters. The van der Waals surface area contributed by atoms with Crippen LogP contribution >= 0.6 is 0 Å². The second kappa shape index (κ2) is 57.8. The molecule has 9 N–H and O–H groups in total. The van der Waals surface area contributed by atoms with Gasteiger partial charge in [-0.1, -0.05) is 300 Å². The van der Waals surface area contributed by atoms with E-state index in [0.29, 0.717) is 6.42 Å². The SMILES string of the molecule is CCCCCCC/C=C\C/C=C\C/C=C\CCCCCCCCCCCCCCCCCCCCCCC(=O)NC(COC1OC(CO)C(OC2OC(CO)C(O)C(O)C2O)C(O)C1O)C(O)/C=C/CCCCCCCCCCCCCCCCCC. The highest BCUT2D eigenvalue weighted by atomic mass is 16.7. The molecular weight excluding hydrogens is 1100 g/mol. The van der Waals surface area contributed by atoms with Gasteiger partial charge in [0.25, 0.3) is 0 Å². The van der Waals surface area contributed by atoms with Gasteiger partial charge in [-0.25, -0.2) is 0 Å². The molecule has 2 aliphatic heterocycles.